The highest BCUT2D eigenvalue weighted by Gasteiger charge is 2.29. The lowest BCUT2D eigenvalue weighted by Crippen LogP contribution is -2.45. The molecule has 1 atom stereocenters. The van der Waals surface area contributed by atoms with Crippen LogP contribution in [0.15, 0.2) is 42.5 Å². The molecule has 0 saturated heterocycles. The third-order valence-corrected chi connectivity index (χ3v) is 5.40. The van der Waals surface area contributed by atoms with Crippen LogP contribution in [0.25, 0.3) is 0 Å². The smallest absolute Gasteiger partial charge is 0.338 e. The zero-order valence-corrected chi connectivity index (χ0v) is 17.4. The van der Waals surface area contributed by atoms with E-state index in [1.54, 1.807) is 26.0 Å². The molecule has 7 nitrogen and oxygen atoms in total. The molecule has 0 bridgehead atoms. The number of rotatable bonds is 7. The van der Waals surface area contributed by atoms with Crippen LogP contribution in [-0.4, -0.2) is 39.2 Å². The Labute approximate surface area is 169 Å². The molecule has 0 saturated carbocycles. The van der Waals surface area contributed by atoms with E-state index in [1.807, 2.05) is 0 Å². The van der Waals surface area contributed by atoms with E-state index in [4.69, 9.17) is 4.74 Å². The van der Waals surface area contributed by atoms with E-state index in [2.05, 4.69) is 5.32 Å². The van der Waals surface area contributed by atoms with E-state index in [9.17, 15) is 22.4 Å². The number of sulfonamides is 1. The molecule has 1 unspecified atom stereocenters. The van der Waals surface area contributed by atoms with Gasteiger partial charge in [-0.1, -0.05) is 12.1 Å². The molecule has 156 valence electrons. The molecular formula is C20H23FN2O5S. The molecule has 2 rings (SSSR count). The molecule has 2 aromatic rings. The van der Waals surface area contributed by atoms with Crippen LogP contribution in [0, 0.1) is 12.7 Å². The Morgan fingerprint density at radius 1 is 1.21 bits per heavy atom. The molecule has 2 aromatic carbocycles. The van der Waals surface area contributed by atoms with Gasteiger partial charge in [-0.3, -0.25) is 9.10 Å². The van der Waals surface area contributed by atoms with Gasteiger partial charge >= 0.3 is 5.97 Å². The lowest BCUT2D eigenvalue weighted by molar-refractivity contribution is -0.116. The molecule has 0 aliphatic carbocycles. The number of benzene rings is 2. The number of halogens is 1. The first kappa shape index (κ1) is 22.4. The Balaban J connectivity index is 2.33. The summed E-state index contributed by atoms with van der Waals surface area (Å²) in [6.45, 7) is 5.02. The van der Waals surface area contributed by atoms with Crippen molar-refractivity contribution in [2.45, 2.75) is 26.8 Å². The summed E-state index contributed by atoms with van der Waals surface area (Å²) in [6.07, 6.45) is 0.939. The minimum absolute atomic E-state index is 0.0344. The van der Waals surface area contributed by atoms with Crippen LogP contribution in [0.4, 0.5) is 15.8 Å². The largest absolute Gasteiger partial charge is 0.462 e. The number of hydrogen-bond donors (Lipinski definition) is 1. The van der Waals surface area contributed by atoms with Gasteiger partial charge < -0.3 is 10.1 Å². The lowest BCUT2D eigenvalue weighted by atomic mass is 10.1. The lowest BCUT2D eigenvalue weighted by Gasteiger charge is -2.28. The molecule has 0 fully saturated rings. The van der Waals surface area contributed by atoms with Gasteiger partial charge in [0.25, 0.3) is 0 Å². The summed E-state index contributed by atoms with van der Waals surface area (Å²) in [5.74, 6) is -1.79. The quantitative estimate of drug-likeness (QED) is 0.692. The summed E-state index contributed by atoms with van der Waals surface area (Å²) in [6, 6.07) is 8.50. The number of aryl methyl sites for hydroxylation is 1. The van der Waals surface area contributed by atoms with E-state index in [0.717, 1.165) is 16.6 Å². The van der Waals surface area contributed by atoms with Crippen molar-refractivity contribution in [3.8, 4) is 0 Å². The summed E-state index contributed by atoms with van der Waals surface area (Å²) in [5.41, 5.74) is 1.31. The Hall–Kier alpha value is -2.94. The van der Waals surface area contributed by atoms with Gasteiger partial charge in [0, 0.05) is 5.69 Å². The zero-order valence-electron chi connectivity index (χ0n) is 16.6. The van der Waals surface area contributed by atoms with E-state index >= 15 is 0 Å². The molecule has 29 heavy (non-hydrogen) atoms. The molecule has 0 aliphatic heterocycles. The number of anilines is 2. The van der Waals surface area contributed by atoms with Gasteiger partial charge in [-0.25, -0.2) is 17.6 Å². The average Bonchev–Trinajstić information content (AvgIpc) is 2.62. The monoisotopic (exact) mass is 422 g/mol. The normalized spacial score (nSPS) is 12.2. The van der Waals surface area contributed by atoms with Crippen molar-refractivity contribution in [2.75, 3.05) is 22.5 Å². The number of hydrogen-bond acceptors (Lipinski definition) is 5. The number of carbonyl (C=O) groups is 2. The first-order valence-electron chi connectivity index (χ1n) is 8.88. The van der Waals surface area contributed by atoms with Gasteiger partial charge in [0.2, 0.25) is 15.9 Å². The minimum Gasteiger partial charge on any atom is -0.462 e. The maximum absolute atomic E-state index is 13.6. The summed E-state index contributed by atoms with van der Waals surface area (Å²) >= 11 is 0. The summed E-state index contributed by atoms with van der Waals surface area (Å²) in [5, 5.41) is 2.64. The number of esters is 1. The first-order chi connectivity index (χ1) is 13.5. The summed E-state index contributed by atoms with van der Waals surface area (Å²) < 4.78 is 44.0. The molecule has 1 N–H and O–H groups in total. The van der Waals surface area contributed by atoms with Gasteiger partial charge in [-0.2, -0.15) is 0 Å². The fourth-order valence-electron chi connectivity index (χ4n) is 2.76. The number of nitrogens with one attached hydrogen (secondary N) is 1. The summed E-state index contributed by atoms with van der Waals surface area (Å²) in [4.78, 5) is 24.7. The fraction of sp³-hybridized carbons (Fsp3) is 0.300. The van der Waals surface area contributed by atoms with Gasteiger partial charge in [-0.15, -0.1) is 0 Å². The zero-order chi connectivity index (χ0) is 21.8. The molecule has 0 aromatic heterocycles. The Morgan fingerprint density at radius 2 is 1.90 bits per heavy atom. The molecular weight excluding hydrogens is 399 g/mol. The van der Waals surface area contributed by atoms with E-state index in [0.29, 0.717) is 11.3 Å². The van der Waals surface area contributed by atoms with Crippen molar-refractivity contribution in [2.24, 2.45) is 0 Å². The van der Waals surface area contributed by atoms with Crippen LogP contribution in [0.3, 0.4) is 0 Å². The Kier molecular flexibility index (Phi) is 6.97. The number of nitrogens with zero attached hydrogens (tertiary/aromatic N) is 1. The van der Waals surface area contributed by atoms with E-state index < -0.39 is 33.8 Å². The van der Waals surface area contributed by atoms with Crippen LogP contribution >= 0.6 is 0 Å². The third-order valence-electron chi connectivity index (χ3n) is 4.16. The van der Waals surface area contributed by atoms with Crippen molar-refractivity contribution in [1.82, 2.24) is 0 Å². The van der Waals surface area contributed by atoms with Crippen molar-refractivity contribution >= 4 is 33.3 Å². The second kappa shape index (κ2) is 9.04. The average molecular weight is 422 g/mol. The SMILES string of the molecule is CCOC(=O)c1ccc(C)c(NC(=O)C(C)N(c2cccc(F)c2)S(C)(=O)=O)c1. The maximum atomic E-state index is 13.6. The number of carbonyl (C=O) groups excluding carboxylic acids is 2. The van der Waals surface area contributed by atoms with Gasteiger partial charge in [-0.05, 0) is 56.7 Å². The second-order valence-electron chi connectivity index (χ2n) is 6.45. The third kappa shape index (κ3) is 5.54. The van der Waals surface area contributed by atoms with Crippen molar-refractivity contribution in [3.05, 3.63) is 59.4 Å². The van der Waals surface area contributed by atoms with E-state index in [-0.39, 0.29) is 17.9 Å². The molecule has 0 spiro atoms. The molecule has 0 radical (unpaired) electrons. The number of amides is 1. The topological polar surface area (TPSA) is 92.8 Å². The van der Waals surface area contributed by atoms with Crippen molar-refractivity contribution in [3.63, 3.8) is 0 Å². The maximum Gasteiger partial charge on any atom is 0.338 e. The van der Waals surface area contributed by atoms with Crippen molar-refractivity contribution in [1.29, 1.82) is 0 Å². The molecule has 1 amide bonds. The molecule has 9 heteroatoms. The highest BCUT2D eigenvalue weighted by atomic mass is 32.2. The van der Waals surface area contributed by atoms with Crippen LogP contribution in [0.2, 0.25) is 0 Å². The van der Waals surface area contributed by atoms with Crippen molar-refractivity contribution < 1.29 is 27.1 Å². The fourth-order valence-corrected chi connectivity index (χ4v) is 3.92. The Bertz CT molecular complexity index is 1020. The highest BCUT2D eigenvalue weighted by molar-refractivity contribution is 7.92. The standard InChI is InChI=1S/C20H23FN2O5S/c1-5-28-20(25)15-10-9-13(2)18(11-15)22-19(24)14(3)23(29(4,26)27)17-8-6-7-16(21)12-17/h6-12,14H,5H2,1-4H3,(H,22,24). The molecule has 0 heterocycles. The Morgan fingerprint density at radius 3 is 2.48 bits per heavy atom. The minimum atomic E-state index is -3.88. The van der Waals surface area contributed by atoms with Gasteiger partial charge in [0.1, 0.15) is 11.9 Å². The van der Waals surface area contributed by atoms with Gasteiger partial charge in [0.15, 0.2) is 0 Å². The van der Waals surface area contributed by atoms with Crippen LogP contribution in [0.5, 0.6) is 0 Å². The predicted molar refractivity (Wildman–Crippen MR) is 109 cm³/mol. The van der Waals surface area contributed by atoms with Gasteiger partial charge in [0.05, 0.1) is 24.1 Å². The van der Waals surface area contributed by atoms with E-state index in [1.165, 1.54) is 31.2 Å². The second-order valence-corrected chi connectivity index (χ2v) is 8.31. The predicted octanol–water partition coefficient (Wildman–Crippen LogP) is 3.10. The van der Waals surface area contributed by atoms with Crippen LogP contribution in [-0.2, 0) is 19.6 Å². The van der Waals surface area contributed by atoms with Crippen LogP contribution < -0.4 is 9.62 Å². The first-order valence-corrected chi connectivity index (χ1v) is 10.7. The molecule has 0 aliphatic rings. The number of ether oxygens (including phenoxy) is 1. The summed E-state index contributed by atoms with van der Waals surface area (Å²) in [7, 11) is -3.88. The highest BCUT2D eigenvalue weighted by Crippen LogP contribution is 2.23. The van der Waals surface area contributed by atoms with Crippen LogP contribution in [0.1, 0.15) is 29.8 Å².